The van der Waals surface area contributed by atoms with E-state index in [1.165, 1.54) is 6.20 Å². The highest BCUT2D eigenvalue weighted by molar-refractivity contribution is 7.89. The van der Waals surface area contributed by atoms with Crippen molar-refractivity contribution in [3.63, 3.8) is 0 Å². The molecule has 0 amide bonds. The Bertz CT molecular complexity index is 1400. The van der Waals surface area contributed by atoms with Gasteiger partial charge in [-0.15, -0.1) is 0 Å². The average Bonchev–Trinajstić information content (AvgIpc) is 3.34. The van der Waals surface area contributed by atoms with E-state index in [1.807, 2.05) is 0 Å². The van der Waals surface area contributed by atoms with Gasteiger partial charge in [0.1, 0.15) is 0 Å². The van der Waals surface area contributed by atoms with Gasteiger partial charge in [-0.05, 0) is 24.3 Å². The summed E-state index contributed by atoms with van der Waals surface area (Å²) in [5, 5.41) is 0. The molecule has 5 rings (SSSR count). The van der Waals surface area contributed by atoms with Crippen molar-refractivity contribution in [2.24, 2.45) is 0 Å². The van der Waals surface area contributed by atoms with Gasteiger partial charge in [-0.25, -0.2) is 40.3 Å². The number of hydrogen-bond donors (Lipinski definition) is 0. The number of fused-ring (bicyclic) bond motifs is 1. The van der Waals surface area contributed by atoms with Crippen LogP contribution in [0.15, 0.2) is 35.4 Å². The molecule has 0 atom stereocenters. The van der Waals surface area contributed by atoms with Gasteiger partial charge in [0.2, 0.25) is 28.6 Å². The summed E-state index contributed by atoms with van der Waals surface area (Å²) in [7, 11) is -5.00. The summed E-state index contributed by atoms with van der Waals surface area (Å²) in [6.45, 7) is -0.441. The number of benzene rings is 2. The molecule has 0 radical (unpaired) electrons. The van der Waals surface area contributed by atoms with Gasteiger partial charge in [0.15, 0.2) is 39.7 Å². The molecule has 2 aromatic carbocycles. The first kappa shape index (κ1) is 23.2. The summed E-state index contributed by atoms with van der Waals surface area (Å²) in [4.78, 5) is 8.45. The van der Waals surface area contributed by atoms with Gasteiger partial charge in [-0.1, -0.05) is 0 Å². The molecular weight excluding hydrogens is 499 g/mol. The largest absolute Gasteiger partial charge is 0.454 e. The lowest BCUT2D eigenvalue weighted by Crippen LogP contribution is -2.49. The van der Waals surface area contributed by atoms with Crippen LogP contribution in [0.3, 0.4) is 0 Å². The van der Waals surface area contributed by atoms with Crippen molar-refractivity contribution in [3.8, 4) is 22.8 Å². The van der Waals surface area contributed by atoms with Crippen LogP contribution in [-0.4, -0.2) is 55.7 Å². The van der Waals surface area contributed by atoms with E-state index in [0.717, 1.165) is 5.56 Å². The van der Waals surface area contributed by atoms with E-state index >= 15 is 0 Å². The van der Waals surface area contributed by atoms with E-state index in [9.17, 15) is 30.4 Å². The number of ether oxygens (including phenoxy) is 2. The smallest absolute Gasteiger partial charge is 0.249 e. The second kappa shape index (κ2) is 8.61. The standard InChI is InChI=1S/C21H15F5N4O4S/c22-15-16(23)18(25)20(19(26)17(15)24)35(31,32)30-7-5-29(6-8-30)21-27-4-3-12(28-21)11-1-2-13-14(9-11)34-10-33-13/h1-4,9H,5-8,10H2. The van der Waals surface area contributed by atoms with E-state index in [0.29, 0.717) is 21.5 Å². The molecule has 8 nitrogen and oxygen atoms in total. The Kier molecular flexibility index (Phi) is 5.71. The third-order valence-electron chi connectivity index (χ3n) is 5.60. The molecule has 14 heteroatoms. The Balaban J connectivity index is 1.36. The van der Waals surface area contributed by atoms with Crippen LogP contribution >= 0.6 is 0 Å². The Morgan fingerprint density at radius 2 is 1.43 bits per heavy atom. The molecule has 1 aromatic heterocycles. The molecule has 3 aromatic rings. The second-order valence-electron chi connectivity index (χ2n) is 7.60. The van der Waals surface area contributed by atoms with Crippen LogP contribution in [0.25, 0.3) is 11.3 Å². The molecule has 3 heterocycles. The number of sulfonamides is 1. The van der Waals surface area contributed by atoms with Gasteiger partial charge in [-0.2, -0.15) is 4.31 Å². The van der Waals surface area contributed by atoms with Gasteiger partial charge < -0.3 is 14.4 Å². The molecule has 184 valence electrons. The molecule has 2 aliphatic heterocycles. The highest BCUT2D eigenvalue weighted by Gasteiger charge is 2.38. The number of halogens is 5. The molecule has 1 fully saturated rings. The highest BCUT2D eigenvalue weighted by atomic mass is 32.2. The zero-order valence-corrected chi connectivity index (χ0v) is 18.5. The van der Waals surface area contributed by atoms with E-state index in [-0.39, 0.29) is 38.9 Å². The first-order valence-corrected chi connectivity index (χ1v) is 11.6. The van der Waals surface area contributed by atoms with Crippen LogP contribution in [0.4, 0.5) is 27.9 Å². The summed E-state index contributed by atoms with van der Waals surface area (Å²) < 4.78 is 105. The maximum absolute atomic E-state index is 14.1. The fraction of sp³-hybridized carbons (Fsp3) is 0.238. The molecular formula is C21H15F5N4O4S. The number of nitrogens with zero attached hydrogens (tertiary/aromatic N) is 4. The molecule has 0 bridgehead atoms. The lowest BCUT2D eigenvalue weighted by Gasteiger charge is -2.34. The maximum atomic E-state index is 14.1. The lowest BCUT2D eigenvalue weighted by molar-refractivity contribution is 0.174. The van der Waals surface area contributed by atoms with Gasteiger partial charge in [-0.3, -0.25) is 0 Å². The second-order valence-corrected chi connectivity index (χ2v) is 9.47. The summed E-state index contributed by atoms with van der Waals surface area (Å²) in [6, 6.07) is 6.95. The molecule has 0 unspecified atom stereocenters. The zero-order valence-electron chi connectivity index (χ0n) is 17.6. The summed E-state index contributed by atoms with van der Waals surface area (Å²) in [5.41, 5.74) is 1.29. The first-order valence-electron chi connectivity index (χ1n) is 10.2. The fourth-order valence-corrected chi connectivity index (χ4v) is 5.32. The molecule has 0 spiro atoms. The number of hydrogen-bond acceptors (Lipinski definition) is 7. The monoisotopic (exact) mass is 514 g/mol. The van der Waals surface area contributed by atoms with Crippen LogP contribution in [0.1, 0.15) is 0 Å². The topological polar surface area (TPSA) is 84.9 Å². The van der Waals surface area contributed by atoms with Crippen LogP contribution in [0.5, 0.6) is 11.5 Å². The van der Waals surface area contributed by atoms with Gasteiger partial charge in [0.25, 0.3) is 0 Å². The van der Waals surface area contributed by atoms with E-state index in [1.54, 1.807) is 29.2 Å². The molecule has 0 N–H and O–H groups in total. The minimum absolute atomic E-state index is 0.0131. The SMILES string of the molecule is O=S(=O)(c1c(F)c(F)c(F)c(F)c1F)N1CCN(c2nccc(-c3ccc4c(c3)OCO4)n2)CC1. The third kappa shape index (κ3) is 3.91. The van der Waals surface area contributed by atoms with Gasteiger partial charge >= 0.3 is 0 Å². The normalized spacial score (nSPS) is 16.1. The number of rotatable bonds is 4. The Hall–Kier alpha value is -3.52. The minimum Gasteiger partial charge on any atom is -0.454 e. The van der Waals surface area contributed by atoms with Crippen molar-refractivity contribution in [1.29, 1.82) is 0 Å². The lowest BCUT2D eigenvalue weighted by atomic mass is 10.1. The first-order chi connectivity index (χ1) is 16.7. The predicted octanol–water partition coefficient (Wildman–Crippen LogP) is 3.08. The zero-order chi connectivity index (χ0) is 24.9. The van der Waals surface area contributed by atoms with E-state index in [2.05, 4.69) is 9.97 Å². The highest BCUT2D eigenvalue weighted by Crippen LogP contribution is 2.36. The van der Waals surface area contributed by atoms with Crippen molar-refractivity contribution in [2.45, 2.75) is 4.90 Å². The van der Waals surface area contributed by atoms with Crippen LogP contribution in [0.2, 0.25) is 0 Å². The van der Waals surface area contributed by atoms with E-state index < -0.39 is 44.0 Å². The predicted molar refractivity (Wildman–Crippen MR) is 111 cm³/mol. The Labute approximate surface area is 195 Å². The van der Waals surface area contributed by atoms with Crippen molar-refractivity contribution in [1.82, 2.24) is 14.3 Å². The molecule has 35 heavy (non-hydrogen) atoms. The van der Waals surface area contributed by atoms with Crippen molar-refractivity contribution in [2.75, 3.05) is 37.9 Å². The minimum atomic E-state index is -5.00. The summed E-state index contributed by atoms with van der Waals surface area (Å²) in [6.07, 6.45) is 1.51. The van der Waals surface area contributed by atoms with Gasteiger partial charge in [0.05, 0.1) is 5.69 Å². The Morgan fingerprint density at radius 3 is 2.11 bits per heavy atom. The van der Waals surface area contributed by atoms with Crippen LogP contribution < -0.4 is 14.4 Å². The molecule has 1 saturated heterocycles. The number of aromatic nitrogens is 2. The summed E-state index contributed by atoms with van der Waals surface area (Å²) in [5.74, 6) is -10.4. The molecule has 0 saturated carbocycles. The van der Waals surface area contributed by atoms with Crippen molar-refractivity contribution < 1.29 is 39.8 Å². The molecule has 2 aliphatic rings. The fourth-order valence-electron chi connectivity index (χ4n) is 3.79. The van der Waals surface area contributed by atoms with Crippen LogP contribution in [-0.2, 0) is 10.0 Å². The van der Waals surface area contributed by atoms with E-state index in [4.69, 9.17) is 9.47 Å². The van der Waals surface area contributed by atoms with Gasteiger partial charge in [0, 0.05) is 37.9 Å². The average molecular weight is 514 g/mol. The number of anilines is 1. The Morgan fingerprint density at radius 1 is 0.800 bits per heavy atom. The quantitative estimate of drug-likeness (QED) is 0.301. The van der Waals surface area contributed by atoms with Crippen molar-refractivity contribution >= 4 is 16.0 Å². The van der Waals surface area contributed by atoms with Crippen LogP contribution in [0, 0.1) is 29.1 Å². The molecule has 0 aliphatic carbocycles. The maximum Gasteiger partial charge on any atom is 0.249 e. The third-order valence-corrected chi connectivity index (χ3v) is 7.52. The van der Waals surface area contributed by atoms with Crippen molar-refractivity contribution in [3.05, 3.63) is 59.5 Å². The summed E-state index contributed by atoms with van der Waals surface area (Å²) >= 11 is 0. The number of piperazine rings is 1.